The van der Waals surface area contributed by atoms with E-state index in [-0.39, 0.29) is 36.8 Å². The molecule has 0 N–H and O–H groups in total. The van der Waals surface area contributed by atoms with Crippen LogP contribution in [0.1, 0.15) is 41.0 Å². The molecule has 2 heterocycles. The van der Waals surface area contributed by atoms with Crippen LogP contribution in [-0.2, 0) is 20.9 Å². The van der Waals surface area contributed by atoms with Crippen LogP contribution in [0.4, 0.5) is 4.39 Å². The molecule has 1 unspecified atom stereocenters. The van der Waals surface area contributed by atoms with Gasteiger partial charge in [0, 0.05) is 17.5 Å². The third kappa shape index (κ3) is 6.25. The van der Waals surface area contributed by atoms with Crippen molar-refractivity contribution in [2.24, 2.45) is 0 Å². The van der Waals surface area contributed by atoms with Gasteiger partial charge in [0.05, 0.1) is 32.8 Å². The van der Waals surface area contributed by atoms with Crippen molar-refractivity contribution in [1.29, 1.82) is 0 Å². The van der Waals surface area contributed by atoms with Crippen LogP contribution in [0, 0.1) is 19.7 Å². The van der Waals surface area contributed by atoms with Gasteiger partial charge in [-0.1, -0.05) is 30.4 Å². The Morgan fingerprint density at radius 3 is 2.62 bits per heavy atom. The van der Waals surface area contributed by atoms with E-state index < -0.39 is 5.82 Å². The van der Waals surface area contributed by atoms with E-state index in [2.05, 4.69) is 44.2 Å². The van der Waals surface area contributed by atoms with Gasteiger partial charge in [-0.15, -0.1) is 0 Å². The van der Waals surface area contributed by atoms with Gasteiger partial charge in [-0.3, -0.25) is 4.79 Å². The van der Waals surface area contributed by atoms with Crippen molar-refractivity contribution >= 4 is 5.97 Å². The zero-order chi connectivity index (χ0) is 27.4. The molecule has 7 heteroatoms. The molecular weight excluding hydrogens is 499 g/mol. The topological polar surface area (TPSA) is 63.2 Å². The van der Waals surface area contributed by atoms with Crippen LogP contribution in [0.15, 0.2) is 60.7 Å². The van der Waals surface area contributed by atoms with E-state index in [1.807, 2.05) is 18.2 Å². The Morgan fingerprint density at radius 1 is 1.05 bits per heavy atom. The van der Waals surface area contributed by atoms with Crippen LogP contribution in [0.2, 0.25) is 0 Å². The first kappa shape index (κ1) is 26.8. The minimum Gasteiger partial charge on any atom is -0.492 e. The number of rotatable bonds is 9. The average molecular weight is 533 g/mol. The summed E-state index contributed by atoms with van der Waals surface area (Å²) in [5.74, 6) is 0.417. The van der Waals surface area contributed by atoms with Gasteiger partial charge in [0.25, 0.3) is 0 Å². The summed E-state index contributed by atoms with van der Waals surface area (Å²) in [6.45, 7) is 5.81. The lowest BCUT2D eigenvalue weighted by Gasteiger charge is -2.20. The third-order valence-electron chi connectivity index (χ3n) is 7.13. The molecule has 204 valence electrons. The van der Waals surface area contributed by atoms with E-state index in [0.29, 0.717) is 31.1 Å². The second-order valence-electron chi connectivity index (χ2n) is 10.0. The van der Waals surface area contributed by atoms with Crippen LogP contribution in [0.3, 0.4) is 0 Å². The van der Waals surface area contributed by atoms with Crippen molar-refractivity contribution in [3.63, 3.8) is 0 Å². The van der Waals surface area contributed by atoms with Gasteiger partial charge in [-0.05, 0) is 72.4 Å². The number of carbonyl (C=O) groups excluding carboxylic acids is 1. The smallest absolute Gasteiger partial charge is 0.306 e. The van der Waals surface area contributed by atoms with Crippen LogP contribution in [0.25, 0.3) is 11.1 Å². The van der Waals surface area contributed by atoms with Gasteiger partial charge in [-0.25, -0.2) is 4.39 Å². The van der Waals surface area contributed by atoms with E-state index in [0.717, 1.165) is 40.0 Å². The quantitative estimate of drug-likeness (QED) is 0.233. The molecule has 0 bridgehead atoms. The number of hydrogen-bond acceptors (Lipinski definition) is 6. The molecule has 0 saturated heterocycles. The fraction of sp³-hybridized carbons (Fsp3) is 0.344. The Kier molecular flexibility index (Phi) is 8.17. The minimum atomic E-state index is -0.484. The molecule has 0 aliphatic carbocycles. The molecule has 0 fully saturated rings. The maximum atomic E-state index is 14.9. The highest BCUT2D eigenvalue weighted by Gasteiger charge is 2.29. The molecule has 5 rings (SSSR count). The number of fused-ring (bicyclic) bond motifs is 1. The van der Waals surface area contributed by atoms with Crippen LogP contribution in [0.5, 0.6) is 17.2 Å². The molecule has 0 amide bonds. The van der Waals surface area contributed by atoms with Gasteiger partial charge in [0.15, 0.2) is 11.6 Å². The van der Waals surface area contributed by atoms with Gasteiger partial charge in [0.2, 0.25) is 0 Å². The minimum absolute atomic E-state index is 0.0790. The maximum absolute atomic E-state index is 14.9. The standard InChI is InChI=1S/C32H33FO6/c1-20-11-26(37-19-25-9-4-5-10-36-25)12-21(2)32(20)23-8-6-7-22(13-23)17-38-30-16-29-27(15-28(30)33)24(18-39-29)14-31(34)35-3/h4-8,11-13,15-16,24-25H,9-10,14,17-19H2,1-3H3/t24?,25-/m0/s1. The van der Waals surface area contributed by atoms with E-state index in [1.54, 1.807) is 6.07 Å². The maximum Gasteiger partial charge on any atom is 0.306 e. The summed E-state index contributed by atoms with van der Waals surface area (Å²) in [4.78, 5) is 11.7. The molecule has 39 heavy (non-hydrogen) atoms. The Hall–Kier alpha value is -3.84. The van der Waals surface area contributed by atoms with Gasteiger partial charge in [-0.2, -0.15) is 0 Å². The van der Waals surface area contributed by atoms with E-state index in [4.69, 9.17) is 23.7 Å². The van der Waals surface area contributed by atoms with E-state index in [9.17, 15) is 9.18 Å². The number of methoxy groups -OCH3 is 1. The average Bonchev–Trinajstić information content (AvgIpc) is 3.31. The summed E-state index contributed by atoms with van der Waals surface area (Å²) in [6, 6.07) is 15.1. The van der Waals surface area contributed by atoms with E-state index >= 15 is 0 Å². The van der Waals surface area contributed by atoms with Crippen LogP contribution >= 0.6 is 0 Å². The summed E-state index contributed by atoms with van der Waals surface area (Å²) in [6.07, 6.45) is 5.25. The molecule has 2 atom stereocenters. The second-order valence-corrected chi connectivity index (χ2v) is 10.0. The number of hydrogen-bond donors (Lipinski definition) is 0. The second kappa shape index (κ2) is 11.9. The number of aryl methyl sites for hydroxylation is 2. The summed E-state index contributed by atoms with van der Waals surface area (Å²) < 4.78 is 42.9. The first-order chi connectivity index (χ1) is 18.9. The normalized spacial score (nSPS) is 17.8. The van der Waals surface area contributed by atoms with Gasteiger partial charge < -0.3 is 23.7 Å². The van der Waals surface area contributed by atoms with Gasteiger partial charge in [0.1, 0.15) is 24.7 Å². The Balaban J connectivity index is 1.26. The highest BCUT2D eigenvalue weighted by molar-refractivity contribution is 5.72. The highest BCUT2D eigenvalue weighted by atomic mass is 19.1. The molecule has 3 aromatic rings. The molecule has 6 nitrogen and oxygen atoms in total. The predicted molar refractivity (Wildman–Crippen MR) is 146 cm³/mol. The van der Waals surface area contributed by atoms with Gasteiger partial charge >= 0.3 is 5.97 Å². The molecule has 0 saturated carbocycles. The number of carbonyl (C=O) groups is 1. The Labute approximate surface area is 228 Å². The van der Waals surface area contributed by atoms with Crippen LogP contribution < -0.4 is 14.2 Å². The molecule has 0 spiro atoms. The number of halogens is 1. The van der Waals surface area contributed by atoms with Crippen molar-refractivity contribution in [1.82, 2.24) is 0 Å². The summed E-state index contributed by atoms with van der Waals surface area (Å²) in [5.41, 5.74) is 5.98. The largest absolute Gasteiger partial charge is 0.492 e. The molecule has 0 radical (unpaired) electrons. The Bertz CT molecular complexity index is 1360. The summed E-state index contributed by atoms with van der Waals surface area (Å²) >= 11 is 0. The SMILES string of the molecule is COC(=O)CC1COc2cc(OCc3cccc(-c4c(C)cc(OC[C@@H]5CC=CCO5)cc4C)c3)c(F)cc21. The predicted octanol–water partition coefficient (Wildman–Crippen LogP) is 6.45. The monoisotopic (exact) mass is 532 g/mol. The summed E-state index contributed by atoms with van der Waals surface area (Å²) in [5, 5.41) is 0. The lowest BCUT2D eigenvalue weighted by atomic mass is 9.94. The van der Waals surface area contributed by atoms with Crippen molar-refractivity contribution in [3.8, 4) is 28.4 Å². The molecule has 2 aliphatic heterocycles. The lowest BCUT2D eigenvalue weighted by molar-refractivity contribution is -0.141. The lowest BCUT2D eigenvalue weighted by Crippen LogP contribution is -2.23. The molecular formula is C32H33FO6. The Morgan fingerprint density at radius 2 is 1.87 bits per heavy atom. The van der Waals surface area contributed by atoms with E-state index in [1.165, 1.54) is 13.2 Å². The first-order valence-electron chi connectivity index (χ1n) is 13.2. The summed E-state index contributed by atoms with van der Waals surface area (Å²) in [7, 11) is 1.34. The first-order valence-corrected chi connectivity index (χ1v) is 13.2. The van der Waals surface area contributed by atoms with Crippen molar-refractivity contribution < 1.29 is 32.9 Å². The molecule has 2 aliphatic rings. The number of esters is 1. The fourth-order valence-corrected chi connectivity index (χ4v) is 5.16. The zero-order valence-electron chi connectivity index (χ0n) is 22.5. The third-order valence-corrected chi connectivity index (χ3v) is 7.13. The zero-order valence-corrected chi connectivity index (χ0v) is 22.5. The van der Waals surface area contributed by atoms with Crippen molar-refractivity contribution in [2.45, 2.75) is 45.3 Å². The van der Waals surface area contributed by atoms with Crippen molar-refractivity contribution in [3.05, 3.63) is 88.8 Å². The molecule has 3 aromatic carbocycles. The highest BCUT2D eigenvalue weighted by Crippen LogP contribution is 2.40. The van der Waals surface area contributed by atoms with Crippen molar-refractivity contribution in [2.75, 3.05) is 26.9 Å². The number of ether oxygens (including phenoxy) is 5. The fourth-order valence-electron chi connectivity index (χ4n) is 5.16. The number of benzene rings is 3. The van der Waals surface area contributed by atoms with Crippen LogP contribution in [-0.4, -0.2) is 39.0 Å². The molecule has 0 aromatic heterocycles.